The second kappa shape index (κ2) is 25.2. The van der Waals surface area contributed by atoms with E-state index in [1.807, 2.05) is 19.9 Å². The average Bonchev–Trinajstić information content (AvgIpc) is 4.01. The van der Waals surface area contributed by atoms with Gasteiger partial charge in [-0.05, 0) is 165 Å². The largest absolute Gasteiger partial charge is 0.115 e. The first-order valence-electron chi connectivity index (χ1n) is 22.8. The maximum atomic E-state index is 6.28. The van der Waals surface area contributed by atoms with Crippen LogP contribution >= 0.6 is 0 Å². The van der Waals surface area contributed by atoms with Gasteiger partial charge in [0.25, 0.3) is 0 Å². The van der Waals surface area contributed by atoms with E-state index in [1.54, 1.807) is 24.1 Å². The lowest BCUT2D eigenvalue weighted by molar-refractivity contribution is 0.122. The highest BCUT2D eigenvalue weighted by Crippen LogP contribution is 2.59. The highest BCUT2D eigenvalue weighted by molar-refractivity contribution is 5.92. The molecule has 8 radical (unpaired) electrons. The smallest absolute Gasteiger partial charge is 0.0356 e. The molecule has 0 heterocycles. The molecule has 4 aliphatic rings. The number of rotatable bonds is 11. The van der Waals surface area contributed by atoms with Gasteiger partial charge < -0.3 is 0 Å². The van der Waals surface area contributed by atoms with Crippen LogP contribution < -0.4 is 0 Å². The van der Waals surface area contributed by atoms with E-state index in [-0.39, 0.29) is 16.7 Å². The van der Waals surface area contributed by atoms with Gasteiger partial charge in [-0.25, -0.2) is 0 Å². The fourth-order valence-corrected chi connectivity index (χ4v) is 9.20. The lowest BCUT2D eigenvalue weighted by Crippen LogP contribution is -2.40. The first-order valence-corrected chi connectivity index (χ1v) is 22.8. The Balaban J connectivity index is 0.000000446. The van der Waals surface area contributed by atoms with Gasteiger partial charge in [0, 0.05) is 17.1 Å². The van der Waals surface area contributed by atoms with Crippen molar-refractivity contribution in [1.82, 2.24) is 0 Å². The minimum absolute atomic E-state index is 0.0545. The van der Waals surface area contributed by atoms with Gasteiger partial charge in [-0.15, -0.1) is 12.2 Å². The number of fused-ring (bicyclic) bond motifs is 2. The highest BCUT2D eigenvalue weighted by atomic mass is 14.5. The lowest BCUT2D eigenvalue weighted by atomic mass is 9.56. The molecular formula is C60H80. The SMILES string of the molecule is C#C/C=C\C([CH2])=C1/C(=C)CCC[C@H]1C.CC.[CH2]C.[CH2]CCC[CH2].[CH]=C([CH2])C1(C)CCC2(CC1)c1cc(C([CH2])C3=C=C3c3cccc(C(=C)C)c3)ccc1C[C@H]2C[C@@H](C)C[CH2]. The molecule has 60 heavy (non-hydrogen) atoms. The van der Waals surface area contributed by atoms with Crippen LogP contribution in [0.15, 0.2) is 101 Å². The third-order valence-electron chi connectivity index (χ3n) is 13.2. The van der Waals surface area contributed by atoms with E-state index < -0.39 is 0 Å². The van der Waals surface area contributed by atoms with Gasteiger partial charge in [-0.1, -0.05) is 180 Å². The first kappa shape index (κ1) is 52.4. The van der Waals surface area contributed by atoms with Crippen LogP contribution in [0.25, 0.3) is 11.1 Å². The summed E-state index contributed by atoms with van der Waals surface area (Å²) in [4.78, 5) is 0. The zero-order chi connectivity index (χ0) is 45.2. The Morgan fingerprint density at radius 3 is 2.20 bits per heavy atom. The summed E-state index contributed by atoms with van der Waals surface area (Å²) in [6.07, 6.45) is 23.6. The van der Waals surface area contributed by atoms with Crippen molar-refractivity contribution >= 4 is 11.1 Å². The molecule has 1 spiro atoms. The quantitative estimate of drug-likeness (QED) is 0.157. The molecule has 0 aromatic heterocycles. The minimum atomic E-state index is 0.0545. The normalized spacial score (nSPS) is 24.2. The fourth-order valence-electron chi connectivity index (χ4n) is 9.20. The van der Waals surface area contributed by atoms with Gasteiger partial charge in [-0.2, -0.15) is 0 Å². The van der Waals surface area contributed by atoms with Crippen LogP contribution in [-0.2, 0) is 11.8 Å². The molecule has 2 saturated carbocycles. The van der Waals surface area contributed by atoms with Crippen molar-refractivity contribution in [3.8, 4) is 12.3 Å². The van der Waals surface area contributed by atoms with E-state index in [9.17, 15) is 0 Å². The Morgan fingerprint density at radius 1 is 1.02 bits per heavy atom. The van der Waals surface area contributed by atoms with Crippen molar-refractivity contribution in [2.75, 3.05) is 0 Å². The molecule has 0 aliphatic heterocycles. The Morgan fingerprint density at radius 2 is 1.67 bits per heavy atom. The van der Waals surface area contributed by atoms with Gasteiger partial charge >= 0.3 is 0 Å². The summed E-state index contributed by atoms with van der Waals surface area (Å²) in [6, 6.07) is 15.9. The Hall–Kier alpha value is -3.78. The van der Waals surface area contributed by atoms with Crippen molar-refractivity contribution in [3.05, 3.63) is 184 Å². The second-order valence-electron chi connectivity index (χ2n) is 17.4. The van der Waals surface area contributed by atoms with E-state index in [0.29, 0.717) is 17.8 Å². The first-order chi connectivity index (χ1) is 28.7. The predicted octanol–water partition coefficient (Wildman–Crippen LogP) is 17.1. The zero-order valence-corrected chi connectivity index (χ0v) is 39.2. The number of hydrogen-bond acceptors (Lipinski definition) is 0. The van der Waals surface area contributed by atoms with E-state index in [0.717, 1.165) is 55.2 Å². The van der Waals surface area contributed by atoms with Gasteiger partial charge in [0.05, 0.1) is 0 Å². The van der Waals surface area contributed by atoms with Crippen LogP contribution in [-0.4, -0.2) is 0 Å². The molecule has 0 saturated heterocycles. The standard InChI is InChI=1S/C37H42.C14H17.C5H10.C2H6.C2H5/c1-9-26(6)19-32-21-31-14-13-29(22-35(31)37(32)17-15-36(8,16-18-37)25(4)5)27(7)33-23-34(33)30-12-10-11-28(20-30)24(2)3;1-5-6-8-11(2)14-12(3)9-7-10-13(14)4;1-3-5-4-2;2*1-2/h4,10-14,20,22,26-27,32H,1-2,5,7,9,15-19,21H2,3,6,8H3;1,6,8,13H,2-3,7,9-10H2,4H3;1-5H2;1-2H3;1H2,2H3/b;8-6-,14-11+;;;/t26-,27?,32+,36?,37?;13-;;;/m01.../s1. The summed E-state index contributed by atoms with van der Waals surface area (Å²) >= 11 is 0. The molecule has 4 aliphatic carbocycles. The topological polar surface area (TPSA) is 0 Å². The van der Waals surface area contributed by atoms with E-state index in [2.05, 4.69) is 143 Å². The molecule has 2 aromatic carbocycles. The van der Waals surface area contributed by atoms with E-state index in [1.165, 1.54) is 83.9 Å². The van der Waals surface area contributed by atoms with Crippen LogP contribution in [0, 0.1) is 90.6 Å². The third-order valence-corrected chi connectivity index (χ3v) is 13.2. The molecule has 0 heteroatoms. The number of hydrogen-bond donors (Lipinski definition) is 0. The molecular weight excluding hydrogens is 721 g/mol. The molecule has 0 amide bonds. The van der Waals surface area contributed by atoms with Crippen LogP contribution in [0.5, 0.6) is 0 Å². The second-order valence-corrected chi connectivity index (χ2v) is 17.4. The van der Waals surface area contributed by atoms with Gasteiger partial charge in [0.15, 0.2) is 0 Å². The Bertz CT molecular complexity index is 1890. The molecule has 0 nitrogen and oxygen atoms in total. The lowest BCUT2D eigenvalue weighted by Gasteiger charge is -2.48. The van der Waals surface area contributed by atoms with Crippen LogP contribution in [0.2, 0.25) is 0 Å². The number of unbranched alkanes of at least 4 members (excludes halogenated alkanes) is 2. The summed E-state index contributed by atoms with van der Waals surface area (Å²) < 4.78 is 0. The van der Waals surface area contributed by atoms with Gasteiger partial charge in [-0.3, -0.25) is 0 Å². The van der Waals surface area contributed by atoms with Crippen molar-refractivity contribution < 1.29 is 0 Å². The van der Waals surface area contributed by atoms with E-state index >= 15 is 0 Å². The van der Waals surface area contributed by atoms with Crippen LogP contribution in [0.4, 0.5) is 0 Å². The fraction of sp³-hybridized carbons (Fsp3) is 0.433. The Labute approximate surface area is 372 Å². The summed E-state index contributed by atoms with van der Waals surface area (Å²) in [7, 11) is 0. The molecule has 1 unspecified atom stereocenters. The predicted molar refractivity (Wildman–Crippen MR) is 268 cm³/mol. The van der Waals surface area contributed by atoms with E-state index in [4.69, 9.17) is 13.0 Å². The summed E-state index contributed by atoms with van der Waals surface area (Å²) in [5.74, 6) is 4.48. The third kappa shape index (κ3) is 13.4. The number of allylic oxidation sites excluding steroid dienone is 8. The van der Waals surface area contributed by atoms with Crippen LogP contribution in [0.1, 0.15) is 159 Å². The van der Waals surface area contributed by atoms with Crippen molar-refractivity contribution in [1.29, 1.82) is 0 Å². The molecule has 0 N–H and O–H groups in total. The molecule has 2 fully saturated rings. The minimum Gasteiger partial charge on any atom is -0.115 e. The average molecular weight is 801 g/mol. The van der Waals surface area contributed by atoms with Crippen molar-refractivity contribution in [2.24, 2.45) is 23.2 Å². The summed E-state index contributed by atoms with van der Waals surface area (Å²) in [5.41, 5.74) is 18.7. The van der Waals surface area contributed by atoms with Crippen molar-refractivity contribution in [2.45, 2.75) is 143 Å². The van der Waals surface area contributed by atoms with Crippen LogP contribution in [0.3, 0.4) is 0 Å². The zero-order valence-electron chi connectivity index (χ0n) is 39.2. The summed E-state index contributed by atoms with van der Waals surface area (Å²) in [6.45, 7) is 56.7. The number of terminal acetylenes is 1. The monoisotopic (exact) mass is 801 g/mol. The molecule has 320 valence electrons. The maximum Gasteiger partial charge on any atom is 0.0356 e. The molecule has 0 bridgehead atoms. The highest BCUT2D eigenvalue weighted by Gasteiger charge is 2.51. The Kier molecular flexibility index (Phi) is 22.0. The number of benzene rings is 2. The molecule has 6 rings (SSSR count). The van der Waals surface area contributed by atoms with Gasteiger partial charge in [0.1, 0.15) is 0 Å². The van der Waals surface area contributed by atoms with Crippen molar-refractivity contribution in [3.63, 3.8) is 0 Å². The molecule has 4 atom stereocenters. The maximum absolute atomic E-state index is 6.28. The molecule has 2 aromatic rings. The summed E-state index contributed by atoms with van der Waals surface area (Å²) in [5, 5.41) is 0. The van der Waals surface area contributed by atoms with Gasteiger partial charge in [0.2, 0.25) is 0 Å².